The Balaban J connectivity index is 2.63. The van der Waals surface area contributed by atoms with Crippen LogP contribution in [0.5, 0.6) is 0 Å². The van der Waals surface area contributed by atoms with Crippen molar-refractivity contribution in [3.05, 3.63) is 24.3 Å². The zero-order valence-electron chi connectivity index (χ0n) is 12.2. The van der Waals surface area contributed by atoms with Gasteiger partial charge in [-0.1, -0.05) is 56.6 Å². The van der Waals surface area contributed by atoms with Crippen molar-refractivity contribution in [1.82, 2.24) is 15.0 Å². The summed E-state index contributed by atoms with van der Waals surface area (Å²) in [4.78, 5) is 0. The van der Waals surface area contributed by atoms with Crippen LogP contribution in [0.25, 0.3) is 11.0 Å². The van der Waals surface area contributed by atoms with E-state index in [1.165, 1.54) is 5.52 Å². The summed E-state index contributed by atoms with van der Waals surface area (Å²) in [5.74, 6) is 0. The summed E-state index contributed by atoms with van der Waals surface area (Å²) < 4.78 is 2.22. The van der Waals surface area contributed by atoms with Crippen LogP contribution >= 0.6 is 0 Å². The molecule has 0 bridgehead atoms. The number of hydrogen-bond acceptors (Lipinski definition) is 2. The van der Waals surface area contributed by atoms with E-state index in [0.29, 0.717) is 5.29 Å². The standard InChI is InChI=1S/C13H23N3Si2/c1-17(2,3)13(18(4,5)6)16-12-10-8-7-9-11(12)14-15-16/h7-10,13H,1-6H3. The summed E-state index contributed by atoms with van der Waals surface area (Å²) >= 11 is 0. The van der Waals surface area contributed by atoms with Crippen LogP contribution in [0.2, 0.25) is 39.3 Å². The third-order valence-electron chi connectivity index (χ3n) is 3.26. The highest BCUT2D eigenvalue weighted by atomic mass is 28.4. The summed E-state index contributed by atoms with van der Waals surface area (Å²) in [6.45, 7) is 14.6. The molecule has 2 aromatic rings. The van der Waals surface area contributed by atoms with Crippen LogP contribution in [-0.4, -0.2) is 31.1 Å². The molecule has 0 aliphatic heterocycles. The molecule has 0 aliphatic rings. The Labute approximate surface area is 111 Å². The van der Waals surface area contributed by atoms with Crippen molar-refractivity contribution < 1.29 is 0 Å². The molecule has 0 spiro atoms. The fourth-order valence-electron chi connectivity index (χ4n) is 3.11. The summed E-state index contributed by atoms with van der Waals surface area (Å²) in [6.07, 6.45) is 0. The molecule has 3 nitrogen and oxygen atoms in total. The summed E-state index contributed by atoms with van der Waals surface area (Å²) in [6, 6.07) is 8.29. The summed E-state index contributed by atoms with van der Waals surface area (Å²) in [5, 5.41) is 9.37. The van der Waals surface area contributed by atoms with Gasteiger partial charge < -0.3 is 0 Å². The molecule has 1 aromatic heterocycles. The monoisotopic (exact) mass is 277 g/mol. The van der Waals surface area contributed by atoms with Crippen LogP contribution in [-0.2, 0) is 0 Å². The quantitative estimate of drug-likeness (QED) is 0.800. The van der Waals surface area contributed by atoms with E-state index in [4.69, 9.17) is 0 Å². The lowest BCUT2D eigenvalue weighted by Gasteiger charge is -2.38. The molecule has 0 saturated heterocycles. The van der Waals surface area contributed by atoms with Crippen LogP contribution in [0.1, 0.15) is 5.29 Å². The Morgan fingerprint density at radius 2 is 1.50 bits per heavy atom. The predicted molar refractivity (Wildman–Crippen MR) is 83.3 cm³/mol. The Kier molecular flexibility index (Phi) is 3.23. The normalized spacial score (nSPS) is 13.5. The molecule has 0 amide bonds. The van der Waals surface area contributed by atoms with Gasteiger partial charge in [-0.2, -0.15) is 0 Å². The zero-order valence-corrected chi connectivity index (χ0v) is 14.2. The van der Waals surface area contributed by atoms with E-state index < -0.39 is 16.1 Å². The second kappa shape index (κ2) is 4.31. The topological polar surface area (TPSA) is 30.7 Å². The Morgan fingerprint density at radius 3 is 2.06 bits per heavy atom. The van der Waals surface area contributed by atoms with E-state index in [-0.39, 0.29) is 0 Å². The van der Waals surface area contributed by atoms with Gasteiger partial charge in [0.05, 0.1) is 21.7 Å². The predicted octanol–water partition coefficient (Wildman–Crippen LogP) is 3.73. The highest BCUT2D eigenvalue weighted by Gasteiger charge is 2.40. The molecule has 0 aliphatic carbocycles. The lowest BCUT2D eigenvalue weighted by atomic mass is 10.3. The van der Waals surface area contributed by atoms with Gasteiger partial charge in [-0.05, 0) is 12.1 Å². The molecular weight excluding hydrogens is 254 g/mol. The van der Waals surface area contributed by atoms with Gasteiger partial charge in [0.2, 0.25) is 0 Å². The zero-order chi connectivity index (χ0) is 13.6. The molecule has 0 radical (unpaired) electrons. The number of hydrogen-bond donors (Lipinski definition) is 0. The molecule has 2 rings (SSSR count). The minimum atomic E-state index is -1.32. The first-order valence-corrected chi connectivity index (χ1v) is 13.7. The van der Waals surface area contributed by atoms with Crippen LogP contribution < -0.4 is 0 Å². The number of aromatic nitrogens is 3. The van der Waals surface area contributed by atoms with Crippen LogP contribution in [0.4, 0.5) is 0 Å². The van der Waals surface area contributed by atoms with Gasteiger partial charge in [0.25, 0.3) is 0 Å². The second-order valence-electron chi connectivity index (χ2n) is 7.16. The molecule has 5 heteroatoms. The largest absolute Gasteiger partial charge is 0.248 e. The first kappa shape index (κ1) is 13.5. The molecule has 1 heterocycles. The van der Waals surface area contributed by atoms with Gasteiger partial charge in [-0.15, -0.1) is 5.10 Å². The molecule has 18 heavy (non-hydrogen) atoms. The molecule has 0 saturated carbocycles. The molecule has 0 N–H and O–H groups in total. The first-order valence-electron chi connectivity index (χ1n) is 6.51. The number of fused-ring (bicyclic) bond motifs is 1. The van der Waals surface area contributed by atoms with Crippen LogP contribution in [0.15, 0.2) is 24.3 Å². The van der Waals surface area contributed by atoms with E-state index in [1.54, 1.807) is 0 Å². The van der Waals surface area contributed by atoms with Gasteiger partial charge >= 0.3 is 0 Å². The van der Waals surface area contributed by atoms with Crippen molar-refractivity contribution in [3.63, 3.8) is 0 Å². The maximum absolute atomic E-state index is 4.46. The Hall–Kier alpha value is -0.946. The van der Waals surface area contributed by atoms with Crippen molar-refractivity contribution in [2.24, 2.45) is 0 Å². The highest BCUT2D eigenvalue weighted by Crippen LogP contribution is 2.32. The van der Waals surface area contributed by atoms with Gasteiger partial charge in [0.15, 0.2) is 0 Å². The maximum Gasteiger partial charge on any atom is 0.113 e. The molecule has 0 unspecified atom stereocenters. The third kappa shape index (κ3) is 2.42. The highest BCUT2D eigenvalue weighted by molar-refractivity contribution is 6.95. The van der Waals surface area contributed by atoms with Crippen LogP contribution in [0.3, 0.4) is 0 Å². The average Bonchev–Trinajstić information content (AvgIpc) is 2.58. The summed E-state index contributed by atoms with van der Waals surface area (Å²) in [5.41, 5.74) is 2.20. The number of benzene rings is 1. The van der Waals surface area contributed by atoms with Crippen molar-refractivity contribution in [2.75, 3.05) is 0 Å². The Morgan fingerprint density at radius 1 is 0.944 bits per heavy atom. The van der Waals surface area contributed by atoms with Crippen molar-refractivity contribution in [2.45, 2.75) is 44.6 Å². The lowest BCUT2D eigenvalue weighted by Crippen LogP contribution is -2.50. The fraction of sp³-hybridized carbons (Fsp3) is 0.538. The van der Waals surface area contributed by atoms with Gasteiger partial charge in [-0.3, -0.25) is 0 Å². The van der Waals surface area contributed by atoms with Crippen LogP contribution in [0, 0.1) is 0 Å². The second-order valence-corrected chi connectivity index (χ2v) is 18.3. The first-order chi connectivity index (χ1) is 8.21. The molecular formula is C13H23N3Si2. The number of para-hydroxylation sites is 1. The van der Waals surface area contributed by atoms with E-state index in [1.807, 2.05) is 12.1 Å². The van der Waals surface area contributed by atoms with E-state index in [0.717, 1.165) is 5.52 Å². The average molecular weight is 278 g/mol. The minimum Gasteiger partial charge on any atom is -0.248 e. The van der Waals surface area contributed by atoms with Crippen molar-refractivity contribution >= 4 is 27.2 Å². The number of rotatable bonds is 3. The molecule has 0 atom stereocenters. The van der Waals surface area contributed by atoms with E-state index in [2.05, 4.69) is 66.4 Å². The van der Waals surface area contributed by atoms with Crippen molar-refractivity contribution in [1.29, 1.82) is 0 Å². The molecule has 0 fully saturated rings. The SMILES string of the molecule is C[Si](C)(C)C(n1nnc2ccccc21)[Si](C)(C)C. The van der Waals surface area contributed by atoms with E-state index in [9.17, 15) is 0 Å². The molecule has 98 valence electrons. The fourth-order valence-corrected chi connectivity index (χ4v) is 15.4. The summed E-state index contributed by atoms with van der Waals surface area (Å²) in [7, 11) is -2.64. The van der Waals surface area contributed by atoms with Crippen molar-refractivity contribution in [3.8, 4) is 0 Å². The molecule has 1 aromatic carbocycles. The number of nitrogens with zero attached hydrogens (tertiary/aromatic N) is 3. The minimum absolute atomic E-state index is 0.581. The maximum atomic E-state index is 4.46. The van der Waals surface area contributed by atoms with Gasteiger partial charge in [-0.25, -0.2) is 4.68 Å². The van der Waals surface area contributed by atoms with Gasteiger partial charge in [0, 0.05) is 5.29 Å². The Bertz CT molecular complexity index is 535. The third-order valence-corrected chi connectivity index (χ3v) is 12.2. The lowest BCUT2D eigenvalue weighted by molar-refractivity contribution is 0.665. The van der Waals surface area contributed by atoms with E-state index >= 15 is 0 Å². The smallest absolute Gasteiger partial charge is 0.113 e. The van der Waals surface area contributed by atoms with Gasteiger partial charge in [0.1, 0.15) is 5.52 Å².